The quantitative estimate of drug-likeness (QED) is 0.667. The van der Waals surface area contributed by atoms with Crippen molar-refractivity contribution in [1.29, 1.82) is 0 Å². The van der Waals surface area contributed by atoms with E-state index in [1.54, 1.807) is 12.1 Å². The molecular weight excluding hydrogens is 294 g/mol. The van der Waals surface area contributed by atoms with E-state index in [-0.39, 0.29) is 17.6 Å². The van der Waals surface area contributed by atoms with Crippen LogP contribution in [0.15, 0.2) is 48.5 Å². The zero-order valence-electron chi connectivity index (χ0n) is 12.5. The van der Waals surface area contributed by atoms with Crippen LogP contribution in [0, 0.1) is 10.1 Å². The first-order valence-electron chi connectivity index (χ1n) is 7.44. The van der Waals surface area contributed by atoms with Gasteiger partial charge < -0.3 is 10.6 Å². The first kappa shape index (κ1) is 15.2. The molecule has 0 radical (unpaired) electrons. The van der Waals surface area contributed by atoms with E-state index in [1.165, 1.54) is 6.07 Å². The second-order valence-corrected chi connectivity index (χ2v) is 5.55. The Labute approximate surface area is 133 Å². The van der Waals surface area contributed by atoms with E-state index in [4.69, 9.17) is 0 Å². The molecule has 0 aromatic heterocycles. The van der Waals surface area contributed by atoms with E-state index < -0.39 is 4.92 Å². The van der Waals surface area contributed by atoms with Crippen LogP contribution in [0.2, 0.25) is 0 Å². The lowest BCUT2D eigenvalue weighted by atomic mass is 9.95. The summed E-state index contributed by atoms with van der Waals surface area (Å²) in [5.74, 6) is -0.0575. The van der Waals surface area contributed by atoms with Gasteiger partial charge >= 0.3 is 0 Å². The first-order valence-corrected chi connectivity index (χ1v) is 7.44. The molecule has 2 aromatic carbocycles. The molecule has 1 heterocycles. The lowest BCUT2D eigenvalue weighted by Gasteiger charge is -2.25. The molecule has 2 N–H and O–H groups in total. The molecule has 0 saturated carbocycles. The van der Waals surface area contributed by atoms with Gasteiger partial charge in [0.25, 0.3) is 5.69 Å². The number of nitrogens with one attached hydrogen (secondary N) is 2. The number of nitro groups is 1. The second kappa shape index (κ2) is 6.58. The fourth-order valence-corrected chi connectivity index (χ4v) is 2.71. The van der Waals surface area contributed by atoms with E-state index in [0.29, 0.717) is 19.5 Å². The zero-order chi connectivity index (χ0) is 16.2. The summed E-state index contributed by atoms with van der Waals surface area (Å²) < 4.78 is 0. The molecular formula is C17H17N3O3. The Bertz CT molecular complexity index is 731. The number of carbonyl (C=O) groups excluding carboxylic acids is 1. The molecule has 118 valence electrons. The smallest absolute Gasteiger partial charge is 0.269 e. The molecule has 0 aliphatic carbocycles. The predicted molar refractivity (Wildman–Crippen MR) is 85.7 cm³/mol. The SMILES string of the molecule is O=C(NCc1ccccc1)[C@@H]1Cc2ccc([N+](=O)[O-])cc2CN1. The van der Waals surface area contributed by atoms with Gasteiger partial charge in [-0.25, -0.2) is 0 Å². The van der Waals surface area contributed by atoms with Crippen LogP contribution >= 0.6 is 0 Å². The van der Waals surface area contributed by atoms with Gasteiger partial charge in [-0.15, -0.1) is 0 Å². The number of non-ortho nitro benzene ring substituents is 1. The highest BCUT2D eigenvalue weighted by atomic mass is 16.6. The largest absolute Gasteiger partial charge is 0.351 e. The van der Waals surface area contributed by atoms with Gasteiger partial charge in [0, 0.05) is 25.2 Å². The minimum absolute atomic E-state index is 0.0575. The standard InChI is InChI=1S/C17H17N3O3/c21-17(19-10-12-4-2-1-3-5-12)16-9-13-6-7-15(20(22)23)8-14(13)11-18-16/h1-8,16,18H,9-11H2,(H,19,21)/t16-/m0/s1. The van der Waals surface area contributed by atoms with Gasteiger partial charge in [0.15, 0.2) is 0 Å². The average molecular weight is 311 g/mol. The molecule has 23 heavy (non-hydrogen) atoms. The van der Waals surface area contributed by atoms with Crippen molar-refractivity contribution in [2.24, 2.45) is 0 Å². The van der Waals surface area contributed by atoms with Gasteiger partial charge in [-0.05, 0) is 23.1 Å². The number of nitrogens with zero attached hydrogens (tertiary/aromatic N) is 1. The number of fused-ring (bicyclic) bond motifs is 1. The number of carbonyl (C=O) groups is 1. The van der Waals surface area contributed by atoms with Crippen LogP contribution in [0.1, 0.15) is 16.7 Å². The second-order valence-electron chi connectivity index (χ2n) is 5.55. The van der Waals surface area contributed by atoms with Crippen molar-refractivity contribution >= 4 is 11.6 Å². The van der Waals surface area contributed by atoms with Gasteiger partial charge in [-0.1, -0.05) is 36.4 Å². The summed E-state index contributed by atoms with van der Waals surface area (Å²) in [6, 6.07) is 14.2. The third-order valence-electron chi connectivity index (χ3n) is 3.99. The van der Waals surface area contributed by atoms with E-state index in [1.807, 2.05) is 30.3 Å². The summed E-state index contributed by atoms with van der Waals surface area (Å²) >= 11 is 0. The Morgan fingerprint density at radius 1 is 1.22 bits per heavy atom. The first-order chi connectivity index (χ1) is 11.1. The van der Waals surface area contributed by atoms with Crippen molar-refractivity contribution < 1.29 is 9.72 Å². The summed E-state index contributed by atoms with van der Waals surface area (Å²) in [5, 5.41) is 16.9. The van der Waals surface area contributed by atoms with Crippen LogP contribution in [0.4, 0.5) is 5.69 Å². The summed E-state index contributed by atoms with van der Waals surface area (Å²) in [6.07, 6.45) is 0.536. The third-order valence-corrected chi connectivity index (χ3v) is 3.99. The number of benzene rings is 2. The van der Waals surface area contributed by atoms with Crippen LogP contribution in [0.3, 0.4) is 0 Å². The van der Waals surface area contributed by atoms with Crippen LogP contribution in [-0.4, -0.2) is 16.9 Å². The topological polar surface area (TPSA) is 84.3 Å². The number of nitro benzene ring substituents is 1. The highest BCUT2D eigenvalue weighted by Crippen LogP contribution is 2.22. The fourth-order valence-electron chi connectivity index (χ4n) is 2.71. The van der Waals surface area contributed by atoms with Crippen molar-refractivity contribution in [3.63, 3.8) is 0 Å². The van der Waals surface area contributed by atoms with E-state index >= 15 is 0 Å². The monoisotopic (exact) mass is 311 g/mol. The van der Waals surface area contributed by atoms with Crippen molar-refractivity contribution in [3.8, 4) is 0 Å². The van der Waals surface area contributed by atoms with Gasteiger partial charge in [-0.3, -0.25) is 14.9 Å². The molecule has 6 nitrogen and oxygen atoms in total. The Morgan fingerprint density at radius 2 is 2.00 bits per heavy atom. The molecule has 3 rings (SSSR count). The fraction of sp³-hybridized carbons (Fsp3) is 0.235. The van der Waals surface area contributed by atoms with Crippen LogP contribution in [0.25, 0.3) is 0 Å². The summed E-state index contributed by atoms with van der Waals surface area (Å²) in [6.45, 7) is 0.950. The third kappa shape index (κ3) is 3.54. The zero-order valence-corrected chi connectivity index (χ0v) is 12.5. The molecule has 0 spiro atoms. The Hall–Kier alpha value is -2.73. The maximum Gasteiger partial charge on any atom is 0.269 e. The molecule has 6 heteroatoms. The normalized spacial score (nSPS) is 16.4. The Kier molecular flexibility index (Phi) is 4.34. The van der Waals surface area contributed by atoms with Crippen molar-refractivity contribution in [1.82, 2.24) is 10.6 Å². The Morgan fingerprint density at radius 3 is 2.74 bits per heavy atom. The Balaban J connectivity index is 1.62. The van der Waals surface area contributed by atoms with Crippen molar-refractivity contribution in [2.45, 2.75) is 25.6 Å². The maximum atomic E-state index is 12.3. The lowest BCUT2D eigenvalue weighted by molar-refractivity contribution is -0.384. The average Bonchev–Trinajstić information content (AvgIpc) is 2.59. The summed E-state index contributed by atoms with van der Waals surface area (Å²) in [7, 11) is 0. The molecule has 0 unspecified atom stereocenters. The molecule has 2 aromatic rings. The molecule has 0 bridgehead atoms. The minimum atomic E-state index is -0.404. The lowest BCUT2D eigenvalue weighted by Crippen LogP contribution is -2.47. The molecule has 1 amide bonds. The van der Waals surface area contributed by atoms with Crippen LogP contribution < -0.4 is 10.6 Å². The number of hydrogen-bond donors (Lipinski definition) is 2. The van der Waals surface area contributed by atoms with Gasteiger partial charge in [0.05, 0.1) is 11.0 Å². The molecule has 0 saturated heterocycles. The molecule has 1 aliphatic rings. The minimum Gasteiger partial charge on any atom is -0.351 e. The summed E-state index contributed by atoms with van der Waals surface area (Å²) in [4.78, 5) is 22.7. The maximum absolute atomic E-state index is 12.3. The van der Waals surface area contributed by atoms with E-state index in [9.17, 15) is 14.9 Å². The van der Waals surface area contributed by atoms with E-state index in [2.05, 4.69) is 10.6 Å². The van der Waals surface area contributed by atoms with Gasteiger partial charge in [0.2, 0.25) is 5.91 Å². The van der Waals surface area contributed by atoms with Crippen LogP contribution in [-0.2, 0) is 24.3 Å². The number of amides is 1. The van der Waals surface area contributed by atoms with Crippen molar-refractivity contribution in [3.05, 3.63) is 75.3 Å². The summed E-state index contributed by atoms with van der Waals surface area (Å²) in [5.41, 5.74) is 2.99. The van der Waals surface area contributed by atoms with Crippen LogP contribution in [0.5, 0.6) is 0 Å². The predicted octanol–water partition coefficient (Wildman–Crippen LogP) is 1.93. The highest BCUT2D eigenvalue weighted by molar-refractivity contribution is 5.82. The number of hydrogen-bond acceptors (Lipinski definition) is 4. The van der Waals surface area contributed by atoms with Crippen molar-refractivity contribution in [2.75, 3.05) is 0 Å². The van der Waals surface area contributed by atoms with Gasteiger partial charge in [-0.2, -0.15) is 0 Å². The van der Waals surface area contributed by atoms with Gasteiger partial charge in [0.1, 0.15) is 0 Å². The van der Waals surface area contributed by atoms with E-state index in [0.717, 1.165) is 16.7 Å². The molecule has 0 fully saturated rings. The highest BCUT2D eigenvalue weighted by Gasteiger charge is 2.25. The molecule has 1 atom stereocenters. The molecule has 1 aliphatic heterocycles. The number of rotatable bonds is 4.